The molecular formula is C14H22N2O3. The second-order valence-corrected chi connectivity index (χ2v) is 4.45. The van der Waals surface area contributed by atoms with E-state index in [-0.39, 0.29) is 18.6 Å². The molecule has 0 aliphatic rings. The van der Waals surface area contributed by atoms with E-state index in [4.69, 9.17) is 9.84 Å². The average molecular weight is 266 g/mol. The van der Waals surface area contributed by atoms with Crippen molar-refractivity contribution >= 4 is 11.6 Å². The van der Waals surface area contributed by atoms with Crippen LogP contribution in [0.4, 0.5) is 5.69 Å². The number of nitrogens with one attached hydrogen (secondary N) is 2. The number of hydrogen-bond donors (Lipinski definition) is 3. The molecule has 0 aromatic heterocycles. The Balaban J connectivity index is 2.23. The number of anilines is 1. The van der Waals surface area contributed by atoms with Crippen molar-refractivity contribution in [3.63, 3.8) is 0 Å². The smallest absolute Gasteiger partial charge is 0.238 e. The van der Waals surface area contributed by atoms with Gasteiger partial charge < -0.3 is 20.5 Å². The molecule has 1 aromatic rings. The van der Waals surface area contributed by atoms with Gasteiger partial charge in [0.05, 0.1) is 19.8 Å². The molecule has 1 atom stereocenters. The van der Waals surface area contributed by atoms with Crippen molar-refractivity contribution in [3.05, 3.63) is 24.3 Å². The first-order chi connectivity index (χ1) is 9.11. The Kier molecular flexibility index (Phi) is 6.92. The zero-order valence-corrected chi connectivity index (χ0v) is 11.5. The lowest BCUT2D eigenvalue weighted by atomic mass is 10.2. The van der Waals surface area contributed by atoms with Gasteiger partial charge in [0.25, 0.3) is 0 Å². The Morgan fingerprint density at radius 2 is 2.26 bits per heavy atom. The summed E-state index contributed by atoms with van der Waals surface area (Å²) >= 11 is 0. The maximum Gasteiger partial charge on any atom is 0.238 e. The van der Waals surface area contributed by atoms with Gasteiger partial charge in [-0.15, -0.1) is 0 Å². The summed E-state index contributed by atoms with van der Waals surface area (Å²) in [7, 11) is 1.59. The zero-order valence-electron chi connectivity index (χ0n) is 11.5. The van der Waals surface area contributed by atoms with Crippen LogP contribution in [0.1, 0.15) is 19.8 Å². The Labute approximate surface area is 114 Å². The van der Waals surface area contributed by atoms with Crippen molar-refractivity contribution in [1.29, 1.82) is 0 Å². The largest absolute Gasteiger partial charge is 0.497 e. The monoisotopic (exact) mass is 266 g/mol. The van der Waals surface area contributed by atoms with E-state index in [2.05, 4.69) is 10.6 Å². The summed E-state index contributed by atoms with van der Waals surface area (Å²) in [5, 5.41) is 14.9. The predicted molar refractivity (Wildman–Crippen MR) is 75.4 cm³/mol. The van der Waals surface area contributed by atoms with Crippen LogP contribution in [0.15, 0.2) is 24.3 Å². The molecule has 5 heteroatoms. The molecule has 0 aliphatic heterocycles. The van der Waals surface area contributed by atoms with Crippen molar-refractivity contribution in [2.75, 3.05) is 25.5 Å². The summed E-state index contributed by atoms with van der Waals surface area (Å²) in [6.45, 7) is 2.74. The van der Waals surface area contributed by atoms with Crippen LogP contribution in [-0.2, 0) is 4.79 Å². The highest BCUT2D eigenvalue weighted by molar-refractivity contribution is 5.92. The van der Waals surface area contributed by atoms with E-state index in [0.29, 0.717) is 5.75 Å². The quantitative estimate of drug-likeness (QED) is 0.622. The number of benzene rings is 1. The maximum atomic E-state index is 11.6. The number of amides is 1. The van der Waals surface area contributed by atoms with E-state index in [9.17, 15) is 4.79 Å². The van der Waals surface area contributed by atoms with Gasteiger partial charge in [-0.3, -0.25) is 4.79 Å². The molecule has 0 bridgehead atoms. The van der Waals surface area contributed by atoms with Crippen LogP contribution in [0.3, 0.4) is 0 Å². The summed E-state index contributed by atoms with van der Waals surface area (Å²) < 4.78 is 5.08. The lowest BCUT2D eigenvalue weighted by Crippen LogP contribution is -2.29. The normalized spacial score (nSPS) is 11.9. The number of methoxy groups -OCH3 is 1. The van der Waals surface area contributed by atoms with E-state index < -0.39 is 0 Å². The van der Waals surface area contributed by atoms with E-state index in [1.807, 2.05) is 18.2 Å². The number of carbonyl (C=O) groups excluding carboxylic acids is 1. The van der Waals surface area contributed by atoms with Crippen molar-refractivity contribution in [2.24, 2.45) is 0 Å². The van der Waals surface area contributed by atoms with Crippen LogP contribution < -0.4 is 15.4 Å². The molecule has 1 aromatic carbocycles. The molecular weight excluding hydrogens is 244 g/mol. The van der Waals surface area contributed by atoms with E-state index in [0.717, 1.165) is 25.1 Å². The Morgan fingerprint density at radius 3 is 2.95 bits per heavy atom. The molecule has 3 N–H and O–H groups in total. The highest BCUT2D eigenvalue weighted by Crippen LogP contribution is 2.16. The molecule has 1 unspecified atom stereocenters. The molecule has 106 valence electrons. The van der Waals surface area contributed by atoms with Crippen LogP contribution in [-0.4, -0.2) is 37.3 Å². The first-order valence-electron chi connectivity index (χ1n) is 6.44. The fraction of sp³-hybridized carbons (Fsp3) is 0.500. The highest BCUT2D eigenvalue weighted by Gasteiger charge is 2.03. The third-order valence-electron chi connectivity index (χ3n) is 2.61. The Morgan fingerprint density at radius 1 is 1.47 bits per heavy atom. The van der Waals surface area contributed by atoms with Crippen LogP contribution >= 0.6 is 0 Å². The minimum Gasteiger partial charge on any atom is -0.497 e. The standard InChI is InChI=1S/C14H22N2O3/c1-11(17)5-4-8-15-10-14(18)16-12-6-3-7-13(9-12)19-2/h3,6-7,9,11,15,17H,4-5,8,10H2,1-2H3,(H,16,18). The Hall–Kier alpha value is -1.59. The molecule has 1 amide bonds. The molecule has 0 radical (unpaired) electrons. The van der Waals surface area contributed by atoms with Gasteiger partial charge in [0.1, 0.15) is 5.75 Å². The average Bonchev–Trinajstić information content (AvgIpc) is 2.38. The van der Waals surface area contributed by atoms with E-state index >= 15 is 0 Å². The van der Waals surface area contributed by atoms with Gasteiger partial charge in [0.2, 0.25) is 5.91 Å². The van der Waals surface area contributed by atoms with Crippen molar-refractivity contribution in [1.82, 2.24) is 5.32 Å². The molecule has 0 saturated carbocycles. The minimum absolute atomic E-state index is 0.0923. The molecule has 0 heterocycles. The van der Waals surface area contributed by atoms with Crippen molar-refractivity contribution < 1.29 is 14.6 Å². The summed E-state index contributed by atoms with van der Waals surface area (Å²) in [6.07, 6.45) is 1.31. The molecule has 0 saturated heterocycles. The van der Waals surface area contributed by atoms with Gasteiger partial charge in [0, 0.05) is 11.8 Å². The van der Waals surface area contributed by atoms with Crippen LogP contribution in [0, 0.1) is 0 Å². The fourth-order valence-corrected chi connectivity index (χ4v) is 1.63. The predicted octanol–water partition coefficient (Wildman–Crippen LogP) is 1.38. The van der Waals surface area contributed by atoms with Crippen molar-refractivity contribution in [2.45, 2.75) is 25.9 Å². The third-order valence-corrected chi connectivity index (χ3v) is 2.61. The molecule has 1 rings (SSSR count). The van der Waals surface area contributed by atoms with Gasteiger partial charge in [0.15, 0.2) is 0 Å². The van der Waals surface area contributed by atoms with Gasteiger partial charge in [-0.25, -0.2) is 0 Å². The lowest BCUT2D eigenvalue weighted by Gasteiger charge is -2.08. The first kappa shape index (κ1) is 15.5. The minimum atomic E-state index is -0.285. The van der Waals surface area contributed by atoms with Crippen molar-refractivity contribution in [3.8, 4) is 5.75 Å². The highest BCUT2D eigenvalue weighted by atomic mass is 16.5. The third kappa shape index (κ3) is 6.79. The first-order valence-corrected chi connectivity index (χ1v) is 6.44. The van der Waals surface area contributed by atoms with E-state index in [1.54, 1.807) is 20.1 Å². The number of hydrogen-bond acceptors (Lipinski definition) is 4. The lowest BCUT2D eigenvalue weighted by molar-refractivity contribution is -0.115. The summed E-state index contributed by atoms with van der Waals surface area (Å²) in [5.74, 6) is 0.619. The molecule has 5 nitrogen and oxygen atoms in total. The van der Waals surface area contributed by atoms with Gasteiger partial charge >= 0.3 is 0 Å². The summed E-state index contributed by atoms with van der Waals surface area (Å²) in [6, 6.07) is 7.23. The second kappa shape index (κ2) is 8.50. The Bertz CT molecular complexity index is 394. The number of rotatable bonds is 8. The summed E-state index contributed by atoms with van der Waals surface area (Å²) in [5.41, 5.74) is 0.718. The maximum absolute atomic E-state index is 11.6. The number of aliphatic hydroxyl groups excluding tert-OH is 1. The molecule has 0 spiro atoms. The summed E-state index contributed by atoms with van der Waals surface area (Å²) in [4.78, 5) is 11.6. The van der Waals surface area contributed by atoms with Gasteiger partial charge in [-0.2, -0.15) is 0 Å². The SMILES string of the molecule is COc1cccc(NC(=O)CNCCCC(C)O)c1. The molecule has 19 heavy (non-hydrogen) atoms. The fourth-order valence-electron chi connectivity index (χ4n) is 1.63. The van der Waals surface area contributed by atoms with Gasteiger partial charge in [-0.05, 0) is 38.4 Å². The molecule has 0 fully saturated rings. The topological polar surface area (TPSA) is 70.6 Å². The number of aliphatic hydroxyl groups is 1. The van der Waals surface area contributed by atoms with E-state index in [1.165, 1.54) is 0 Å². The van der Waals surface area contributed by atoms with Crippen LogP contribution in [0.5, 0.6) is 5.75 Å². The number of ether oxygens (including phenoxy) is 1. The zero-order chi connectivity index (χ0) is 14.1. The number of carbonyl (C=O) groups is 1. The molecule has 0 aliphatic carbocycles. The van der Waals surface area contributed by atoms with Crippen LogP contribution in [0.2, 0.25) is 0 Å². The van der Waals surface area contributed by atoms with Gasteiger partial charge in [-0.1, -0.05) is 6.07 Å². The second-order valence-electron chi connectivity index (χ2n) is 4.45. The van der Waals surface area contributed by atoms with Crippen LogP contribution in [0.25, 0.3) is 0 Å².